The van der Waals surface area contributed by atoms with Gasteiger partial charge in [-0.3, -0.25) is 4.79 Å². The minimum atomic E-state index is -0.950. The van der Waals surface area contributed by atoms with E-state index in [1.807, 2.05) is 13.8 Å². The predicted octanol–water partition coefficient (Wildman–Crippen LogP) is 1.27. The van der Waals surface area contributed by atoms with Crippen molar-refractivity contribution in [1.29, 1.82) is 0 Å². The molecule has 20 heavy (non-hydrogen) atoms. The van der Waals surface area contributed by atoms with E-state index in [0.29, 0.717) is 25.1 Å². The molecule has 0 heterocycles. The second-order valence-electron chi connectivity index (χ2n) is 5.09. The van der Waals surface area contributed by atoms with Crippen LogP contribution in [0.1, 0.15) is 29.8 Å². The Morgan fingerprint density at radius 1 is 1.30 bits per heavy atom. The first-order valence-electron chi connectivity index (χ1n) is 6.76. The first kappa shape index (κ1) is 16.2. The Labute approximate surface area is 119 Å². The lowest BCUT2D eigenvalue weighted by Crippen LogP contribution is -2.38. The number of hydrogen-bond acceptors (Lipinski definition) is 3. The number of aromatic carboxylic acids is 1. The van der Waals surface area contributed by atoms with E-state index in [2.05, 4.69) is 5.32 Å². The van der Waals surface area contributed by atoms with Gasteiger partial charge in [0.2, 0.25) is 5.91 Å². The van der Waals surface area contributed by atoms with Crippen molar-refractivity contribution in [3.63, 3.8) is 0 Å². The standard InChI is InChI=1S/C15H22N2O3/c1-10(2)13(9-16)14(18)17-8-7-11-5-3-4-6-12(11)15(19)20/h3-6,10,13H,7-9,16H2,1-2H3,(H,17,18)(H,19,20). The van der Waals surface area contributed by atoms with Gasteiger partial charge in [-0.25, -0.2) is 4.79 Å². The van der Waals surface area contributed by atoms with Crippen LogP contribution in [0.4, 0.5) is 0 Å². The lowest BCUT2D eigenvalue weighted by molar-refractivity contribution is -0.125. The third-order valence-electron chi connectivity index (χ3n) is 3.34. The molecule has 110 valence electrons. The average molecular weight is 278 g/mol. The second-order valence-corrected chi connectivity index (χ2v) is 5.09. The molecule has 1 unspecified atom stereocenters. The molecular weight excluding hydrogens is 256 g/mol. The van der Waals surface area contributed by atoms with E-state index in [1.165, 1.54) is 0 Å². The number of amides is 1. The smallest absolute Gasteiger partial charge is 0.335 e. The van der Waals surface area contributed by atoms with Gasteiger partial charge in [0.25, 0.3) is 0 Å². The predicted molar refractivity (Wildman–Crippen MR) is 77.5 cm³/mol. The monoisotopic (exact) mass is 278 g/mol. The highest BCUT2D eigenvalue weighted by molar-refractivity contribution is 5.89. The van der Waals surface area contributed by atoms with Crippen molar-refractivity contribution in [3.05, 3.63) is 35.4 Å². The van der Waals surface area contributed by atoms with Gasteiger partial charge in [-0.2, -0.15) is 0 Å². The third kappa shape index (κ3) is 4.35. The summed E-state index contributed by atoms with van der Waals surface area (Å²) in [6.07, 6.45) is 0.490. The van der Waals surface area contributed by atoms with E-state index < -0.39 is 5.97 Å². The molecule has 5 nitrogen and oxygen atoms in total. The number of nitrogens with one attached hydrogen (secondary N) is 1. The van der Waals surface area contributed by atoms with Crippen LogP contribution < -0.4 is 11.1 Å². The van der Waals surface area contributed by atoms with Gasteiger partial charge in [0, 0.05) is 13.1 Å². The lowest BCUT2D eigenvalue weighted by atomic mass is 9.95. The fourth-order valence-corrected chi connectivity index (χ4v) is 2.08. The maximum atomic E-state index is 11.9. The molecule has 0 saturated heterocycles. The molecule has 0 bridgehead atoms. The maximum absolute atomic E-state index is 11.9. The minimum absolute atomic E-state index is 0.0738. The van der Waals surface area contributed by atoms with Crippen molar-refractivity contribution < 1.29 is 14.7 Å². The molecule has 0 spiro atoms. The average Bonchev–Trinajstić information content (AvgIpc) is 2.39. The highest BCUT2D eigenvalue weighted by Crippen LogP contribution is 2.11. The summed E-state index contributed by atoms with van der Waals surface area (Å²) in [5.41, 5.74) is 6.58. The normalized spacial score (nSPS) is 12.2. The molecular formula is C15H22N2O3. The number of nitrogens with two attached hydrogens (primary N) is 1. The molecule has 0 aliphatic rings. The second kappa shape index (κ2) is 7.65. The van der Waals surface area contributed by atoms with Crippen LogP contribution in [0.5, 0.6) is 0 Å². The minimum Gasteiger partial charge on any atom is -0.478 e. The topological polar surface area (TPSA) is 92.4 Å². The van der Waals surface area contributed by atoms with Crippen molar-refractivity contribution in [2.75, 3.05) is 13.1 Å². The summed E-state index contributed by atoms with van der Waals surface area (Å²) >= 11 is 0. The first-order valence-corrected chi connectivity index (χ1v) is 6.76. The Morgan fingerprint density at radius 2 is 1.95 bits per heavy atom. The molecule has 1 aromatic carbocycles. The largest absolute Gasteiger partial charge is 0.478 e. The Morgan fingerprint density at radius 3 is 2.50 bits per heavy atom. The van der Waals surface area contributed by atoms with Gasteiger partial charge < -0.3 is 16.2 Å². The summed E-state index contributed by atoms with van der Waals surface area (Å²) < 4.78 is 0. The molecule has 1 aromatic rings. The molecule has 1 amide bonds. The summed E-state index contributed by atoms with van der Waals surface area (Å²) in [7, 11) is 0. The van der Waals surface area contributed by atoms with Crippen molar-refractivity contribution in [2.24, 2.45) is 17.6 Å². The van der Waals surface area contributed by atoms with Crippen LogP contribution in [-0.4, -0.2) is 30.1 Å². The van der Waals surface area contributed by atoms with Crippen molar-refractivity contribution in [1.82, 2.24) is 5.32 Å². The number of rotatable bonds is 7. The van der Waals surface area contributed by atoms with Crippen molar-refractivity contribution >= 4 is 11.9 Å². The van der Waals surface area contributed by atoms with Crippen LogP contribution in [0.25, 0.3) is 0 Å². The van der Waals surface area contributed by atoms with E-state index in [4.69, 9.17) is 10.8 Å². The fourth-order valence-electron chi connectivity index (χ4n) is 2.08. The van der Waals surface area contributed by atoms with Gasteiger partial charge in [0.05, 0.1) is 11.5 Å². The van der Waals surface area contributed by atoms with Crippen molar-refractivity contribution in [3.8, 4) is 0 Å². The zero-order valence-corrected chi connectivity index (χ0v) is 11.9. The van der Waals surface area contributed by atoms with E-state index in [0.717, 1.165) is 0 Å². The number of carboxylic acid groups (broad SMARTS) is 1. The van der Waals surface area contributed by atoms with Crippen LogP contribution in [0, 0.1) is 11.8 Å². The number of carboxylic acids is 1. The van der Waals surface area contributed by atoms with Crippen LogP contribution in [0.15, 0.2) is 24.3 Å². The molecule has 0 aromatic heterocycles. The van der Waals surface area contributed by atoms with Gasteiger partial charge in [0.15, 0.2) is 0 Å². The van der Waals surface area contributed by atoms with Crippen LogP contribution in [0.3, 0.4) is 0 Å². The summed E-state index contributed by atoms with van der Waals surface area (Å²) in [5, 5.41) is 11.9. The Bertz CT molecular complexity index is 472. The maximum Gasteiger partial charge on any atom is 0.335 e. The SMILES string of the molecule is CC(C)C(CN)C(=O)NCCc1ccccc1C(=O)O. The Hall–Kier alpha value is -1.88. The third-order valence-corrected chi connectivity index (χ3v) is 3.34. The van der Waals surface area contributed by atoms with Crippen LogP contribution >= 0.6 is 0 Å². The van der Waals surface area contributed by atoms with Crippen LogP contribution in [0.2, 0.25) is 0 Å². The summed E-state index contributed by atoms with van der Waals surface area (Å²) in [6, 6.07) is 6.81. The van der Waals surface area contributed by atoms with E-state index >= 15 is 0 Å². The summed E-state index contributed by atoms with van der Waals surface area (Å²) in [4.78, 5) is 23.0. The molecule has 4 N–H and O–H groups in total. The molecule has 0 fully saturated rings. The van der Waals surface area contributed by atoms with E-state index in [1.54, 1.807) is 24.3 Å². The number of hydrogen-bond donors (Lipinski definition) is 3. The van der Waals surface area contributed by atoms with Gasteiger partial charge in [0.1, 0.15) is 0 Å². The molecule has 0 aliphatic heterocycles. The molecule has 0 aliphatic carbocycles. The molecule has 1 atom stereocenters. The Balaban J connectivity index is 2.57. The van der Waals surface area contributed by atoms with Gasteiger partial charge >= 0.3 is 5.97 Å². The first-order chi connectivity index (χ1) is 9.47. The zero-order chi connectivity index (χ0) is 15.1. The van der Waals surface area contributed by atoms with Gasteiger partial charge in [-0.05, 0) is 24.0 Å². The summed E-state index contributed by atoms with van der Waals surface area (Å²) in [5.74, 6) is -1.04. The highest BCUT2D eigenvalue weighted by atomic mass is 16.4. The molecule has 5 heteroatoms. The molecule has 1 rings (SSSR count). The number of carbonyl (C=O) groups is 2. The number of carbonyl (C=O) groups excluding carboxylic acids is 1. The van der Waals surface area contributed by atoms with E-state index in [-0.39, 0.29) is 23.3 Å². The van der Waals surface area contributed by atoms with Gasteiger partial charge in [-0.15, -0.1) is 0 Å². The molecule has 0 radical (unpaired) electrons. The quantitative estimate of drug-likeness (QED) is 0.700. The van der Waals surface area contributed by atoms with Crippen LogP contribution in [-0.2, 0) is 11.2 Å². The summed E-state index contributed by atoms with van der Waals surface area (Å²) in [6.45, 7) is 4.63. The van der Waals surface area contributed by atoms with Crippen molar-refractivity contribution in [2.45, 2.75) is 20.3 Å². The number of benzene rings is 1. The van der Waals surface area contributed by atoms with E-state index in [9.17, 15) is 9.59 Å². The highest BCUT2D eigenvalue weighted by Gasteiger charge is 2.20. The fraction of sp³-hybridized carbons (Fsp3) is 0.467. The lowest BCUT2D eigenvalue weighted by Gasteiger charge is -2.18. The molecule has 0 saturated carbocycles. The zero-order valence-electron chi connectivity index (χ0n) is 11.9. The van der Waals surface area contributed by atoms with Gasteiger partial charge in [-0.1, -0.05) is 32.0 Å². The Kier molecular flexibility index (Phi) is 6.18.